The molecule has 0 saturated carbocycles. The summed E-state index contributed by atoms with van der Waals surface area (Å²) in [4.78, 5) is 10.5. The van der Waals surface area contributed by atoms with E-state index < -0.39 is 0 Å². The molecule has 0 spiro atoms. The summed E-state index contributed by atoms with van der Waals surface area (Å²) in [6.07, 6.45) is 1.65. The summed E-state index contributed by atoms with van der Waals surface area (Å²) in [5, 5.41) is 9.90. The minimum atomic E-state index is 0.0454. The van der Waals surface area contributed by atoms with E-state index in [4.69, 9.17) is 9.47 Å². The SMILES string of the molecule is C=Cc1nc(NC(C)c2cc(-c3ccccc3CNC)cs2)c2cc(OC)c(OC)cc2n1. The van der Waals surface area contributed by atoms with Crippen LogP contribution >= 0.6 is 11.3 Å². The average Bonchev–Trinajstić information content (AvgIpc) is 3.34. The normalized spacial score (nSPS) is 11.9. The van der Waals surface area contributed by atoms with Crippen LogP contribution in [0.25, 0.3) is 28.1 Å². The second kappa shape index (κ2) is 10.0. The molecule has 0 amide bonds. The van der Waals surface area contributed by atoms with Gasteiger partial charge < -0.3 is 20.1 Å². The van der Waals surface area contributed by atoms with E-state index in [-0.39, 0.29) is 6.04 Å². The fourth-order valence-electron chi connectivity index (χ4n) is 3.82. The molecule has 0 fully saturated rings. The van der Waals surface area contributed by atoms with Crippen molar-refractivity contribution in [1.29, 1.82) is 0 Å². The van der Waals surface area contributed by atoms with Gasteiger partial charge in [0.1, 0.15) is 5.82 Å². The van der Waals surface area contributed by atoms with Gasteiger partial charge in [-0.3, -0.25) is 0 Å². The van der Waals surface area contributed by atoms with Gasteiger partial charge in [-0.15, -0.1) is 11.3 Å². The highest BCUT2D eigenvalue weighted by Crippen LogP contribution is 2.37. The predicted molar refractivity (Wildman–Crippen MR) is 137 cm³/mol. The Morgan fingerprint density at radius 1 is 1.09 bits per heavy atom. The number of aromatic nitrogens is 2. The number of fused-ring (bicyclic) bond motifs is 1. The number of nitrogens with one attached hydrogen (secondary N) is 2. The lowest BCUT2D eigenvalue weighted by Crippen LogP contribution is -2.08. The van der Waals surface area contributed by atoms with E-state index in [9.17, 15) is 0 Å². The van der Waals surface area contributed by atoms with Crippen LogP contribution in [0.3, 0.4) is 0 Å². The Bertz CT molecular complexity index is 1280. The van der Waals surface area contributed by atoms with Gasteiger partial charge >= 0.3 is 0 Å². The topological polar surface area (TPSA) is 68.3 Å². The summed E-state index contributed by atoms with van der Waals surface area (Å²) >= 11 is 1.74. The summed E-state index contributed by atoms with van der Waals surface area (Å²) in [7, 11) is 5.21. The molecule has 170 valence electrons. The van der Waals surface area contributed by atoms with Crippen molar-refractivity contribution in [1.82, 2.24) is 15.3 Å². The number of ether oxygens (including phenoxy) is 2. The van der Waals surface area contributed by atoms with Crippen molar-refractivity contribution in [2.24, 2.45) is 0 Å². The molecule has 1 unspecified atom stereocenters. The molecule has 7 heteroatoms. The lowest BCUT2D eigenvalue weighted by atomic mass is 10.0. The van der Waals surface area contributed by atoms with Gasteiger partial charge in [-0.25, -0.2) is 9.97 Å². The highest BCUT2D eigenvalue weighted by atomic mass is 32.1. The van der Waals surface area contributed by atoms with Gasteiger partial charge in [0, 0.05) is 22.9 Å². The van der Waals surface area contributed by atoms with Crippen LogP contribution in [0.5, 0.6) is 11.5 Å². The third-order valence-corrected chi connectivity index (χ3v) is 6.61. The first kappa shape index (κ1) is 22.8. The zero-order chi connectivity index (χ0) is 23.4. The molecule has 0 radical (unpaired) electrons. The third-order valence-electron chi connectivity index (χ3n) is 5.50. The van der Waals surface area contributed by atoms with Crippen molar-refractivity contribution < 1.29 is 9.47 Å². The van der Waals surface area contributed by atoms with Crippen LogP contribution < -0.4 is 20.1 Å². The highest BCUT2D eigenvalue weighted by Gasteiger charge is 2.16. The Balaban J connectivity index is 1.68. The molecule has 33 heavy (non-hydrogen) atoms. The number of benzene rings is 2. The van der Waals surface area contributed by atoms with Crippen LogP contribution in [0.4, 0.5) is 5.82 Å². The minimum absolute atomic E-state index is 0.0454. The molecule has 1 atom stereocenters. The van der Waals surface area contributed by atoms with Gasteiger partial charge in [-0.1, -0.05) is 30.8 Å². The number of thiophene rings is 1. The Hall–Kier alpha value is -3.42. The smallest absolute Gasteiger partial charge is 0.162 e. The summed E-state index contributed by atoms with van der Waals surface area (Å²) in [5.74, 6) is 2.54. The minimum Gasteiger partial charge on any atom is -0.493 e. The van der Waals surface area contributed by atoms with Crippen molar-refractivity contribution in [3.05, 3.63) is 70.7 Å². The Labute approximate surface area is 198 Å². The first-order valence-electron chi connectivity index (χ1n) is 10.7. The first-order valence-corrected chi connectivity index (χ1v) is 11.6. The number of anilines is 1. The van der Waals surface area contributed by atoms with Crippen LogP contribution in [-0.2, 0) is 6.54 Å². The van der Waals surface area contributed by atoms with E-state index in [0.29, 0.717) is 17.3 Å². The Morgan fingerprint density at radius 3 is 2.58 bits per heavy atom. The number of hydrogen-bond donors (Lipinski definition) is 2. The molecular formula is C26H28N4O2S. The van der Waals surface area contributed by atoms with Crippen LogP contribution in [-0.4, -0.2) is 31.2 Å². The molecule has 0 bridgehead atoms. The van der Waals surface area contributed by atoms with Gasteiger partial charge in [0.2, 0.25) is 0 Å². The van der Waals surface area contributed by atoms with Gasteiger partial charge in [0.25, 0.3) is 0 Å². The van der Waals surface area contributed by atoms with Crippen molar-refractivity contribution in [2.75, 3.05) is 26.6 Å². The molecule has 2 aromatic carbocycles. The lowest BCUT2D eigenvalue weighted by molar-refractivity contribution is 0.356. The van der Waals surface area contributed by atoms with E-state index in [2.05, 4.69) is 69.8 Å². The van der Waals surface area contributed by atoms with Crippen LogP contribution in [0, 0.1) is 0 Å². The second-order valence-electron chi connectivity index (χ2n) is 7.65. The summed E-state index contributed by atoms with van der Waals surface area (Å²) in [6, 6.07) is 14.6. The molecular weight excluding hydrogens is 432 g/mol. The molecule has 2 heterocycles. The predicted octanol–water partition coefficient (Wildman–Crippen LogP) is 5.91. The van der Waals surface area contributed by atoms with E-state index >= 15 is 0 Å². The van der Waals surface area contributed by atoms with Gasteiger partial charge in [-0.2, -0.15) is 0 Å². The summed E-state index contributed by atoms with van der Waals surface area (Å²) < 4.78 is 10.9. The van der Waals surface area contributed by atoms with Crippen molar-refractivity contribution >= 4 is 34.1 Å². The fourth-order valence-corrected chi connectivity index (χ4v) is 4.73. The zero-order valence-electron chi connectivity index (χ0n) is 19.3. The van der Waals surface area contributed by atoms with E-state index in [1.807, 2.05) is 19.2 Å². The molecule has 2 N–H and O–H groups in total. The maximum atomic E-state index is 5.50. The van der Waals surface area contributed by atoms with Gasteiger partial charge in [0.15, 0.2) is 17.3 Å². The molecule has 0 aliphatic heterocycles. The monoisotopic (exact) mass is 460 g/mol. The fraction of sp³-hybridized carbons (Fsp3) is 0.231. The second-order valence-corrected chi connectivity index (χ2v) is 8.59. The molecule has 0 aliphatic rings. The third kappa shape index (κ3) is 4.69. The lowest BCUT2D eigenvalue weighted by Gasteiger charge is -2.17. The van der Waals surface area contributed by atoms with Crippen molar-refractivity contribution in [3.63, 3.8) is 0 Å². The first-order chi connectivity index (χ1) is 16.1. The van der Waals surface area contributed by atoms with Gasteiger partial charge in [0.05, 0.1) is 25.8 Å². The average molecular weight is 461 g/mol. The van der Waals surface area contributed by atoms with Crippen LogP contribution in [0.1, 0.15) is 29.2 Å². The van der Waals surface area contributed by atoms with Crippen LogP contribution in [0.15, 0.2) is 54.4 Å². The molecule has 0 saturated heterocycles. The molecule has 0 aliphatic carbocycles. The van der Waals surface area contributed by atoms with E-state index in [0.717, 1.165) is 23.3 Å². The van der Waals surface area contributed by atoms with Crippen LogP contribution in [0.2, 0.25) is 0 Å². The molecule has 4 aromatic rings. The highest BCUT2D eigenvalue weighted by molar-refractivity contribution is 7.10. The summed E-state index contributed by atoms with van der Waals surface area (Å²) in [5.41, 5.74) is 4.52. The number of rotatable bonds is 9. The molecule has 6 nitrogen and oxygen atoms in total. The van der Waals surface area contributed by atoms with E-state index in [1.54, 1.807) is 31.6 Å². The number of nitrogens with zero attached hydrogens (tertiary/aromatic N) is 2. The summed E-state index contributed by atoms with van der Waals surface area (Å²) in [6.45, 7) is 6.81. The maximum absolute atomic E-state index is 5.50. The maximum Gasteiger partial charge on any atom is 0.162 e. The molecule has 2 aromatic heterocycles. The standard InChI is InChI=1S/C26H28N4O2S/c1-6-25-29-21-13-23(32-5)22(31-4)12-20(21)26(30-25)28-16(2)24-11-18(15-33-24)19-10-8-7-9-17(19)14-27-3/h6-13,15-16,27H,1,14H2,2-5H3,(H,28,29,30). The molecule has 4 rings (SSSR count). The Kier molecular flexibility index (Phi) is 6.91. The Morgan fingerprint density at radius 2 is 1.85 bits per heavy atom. The van der Waals surface area contributed by atoms with Gasteiger partial charge in [-0.05, 0) is 54.3 Å². The number of hydrogen-bond acceptors (Lipinski definition) is 7. The largest absolute Gasteiger partial charge is 0.493 e. The van der Waals surface area contributed by atoms with Crippen molar-refractivity contribution in [3.8, 4) is 22.6 Å². The quantitative estimate of drug-likeness (QED) is 0.324. The van der Waals surface area contributed by atoms with Crippen molar-refractivity contribution in [2.45, 2.75) is 19.5 Å². The van der Waals surface area contributed by atoms with E-state index in [1.165, 1.54) is 21.6 Å². The number of methoxy groups -OCH3 is 2. The zero-order valence-corrected chi connectivity index (χ0v) is 20.1.